The lowest BCUT2D eigenvalue weighted by atomic mass is 10.3. The topological polar surface area (TPSA) is 26.2 Å². The molecule has 0 aromatic carbocycles. The number of rotatable bonds is 0. The number of aryl methyl sites for hydroxylation is 1. The molecule has 3 heteroatoms. The second-order valence-corrected chi connectivity index (χ2v) is 3.46. The van der Waals surface area contributed by atoms with E-state index in [2.05, 4.69) is 28.3 Å². The fraction of sp³-hybridized carbons (Fsp3) is 0.400. The minimum absolute atomic E-state index is 0.830. The third-order valence-electron chi connectivity index (χ3n) is 2.60. The Labute approximate surface area is 76.3 Å². The Morgan fingerprint density at radius 1 is 1.46 bits per heavy atom. The molecule has 0 aliphatic carbocycles. The predicted octanol–water partition coefficient (Wildman–Crippen LogP) is -0.642. The lowest BCUT2D eigenvalue weighted by Crippen LogP contribution is -2.38. The summed E-state index contributed by atoms with van der Waals surface area (Å²) in [7, 11) is 0. The van der Waals surface area contributed by atoms with E-state index in [-0.39, 0.29) is 0 Å². The molecule has 68 valence electrons. The highest BCUT2D eigenvalue weighted by Gasteiger charge is 2.11. The number of ether oxygens (including phenoxy) is 1. The summed E-state index contributed by atoms with van der Waals surface area (Å²) in [6, 6.07) is 2.14. The van der Waals surface area contributed by atoms with E-state index in [1.165, 1.54) is 10.6 Å². The van der Waals surface area contributed by atoms with Crippen molar-refractivity contribution in [1.29, 1.82) is 0 Å². The third-order valence-corrected chi connectivity index (χ3v) is 2.60. The van der Waals surface area contributed by atoms with Gasteiger partial charge in [0.1, 0.15) is 5.76 Å². The van der Waals surface area contributed by atoms with E-state index in [0.717, 1.165) is 31.9 Å². The van der Waals surface area contributed by atoms with Crippen LogP contribution >= 0.6 is 0 Å². The van der Waals surface area contributed by atoms with E-state index in [1.807, 2.05) is 0 Å². The van der Waals surface area contributed by atoms with Crippen LogP contribution in [0.15, 0.2) is 12.3 Å². The Bertz CT molecular complexity index is 444. The normalized spacial score (nSPS) is 19.2. The number of nitrogens with one attached hydrogen (secondary N) is 1. The minimum Gasteiger partial charge on any atom is -0.494 e. The number of hydrogen-bond donors (Lipinski definition) is 1. The van der Waals surface area contributed by atoms with Gasteiger partial charge >= 0.3 is 0 Å². The van der Waals surface area contributed by atoms with Gasteiger partial charge in [0.2, 0.25) is 0 Å². The van der Waals surface area contributed by atoms with Crippen molar-refractivity contribution in [3.05, 3.63) is 22.8 Å². The summed E-state index contributed by atoms with van der Waals surface area (Å²) < 4.78 is 7.97. The highest BCUT2D eigenvalue weighted by atomic mass is 16.5. The van der Waals surface area contributed by atoms with E-state index in [4.69, 9.17) is 4.74 Å². The Morgan fingerprint density at radius 3 is 3.46 bits per heavy atom. The van der Waals surface area contributed by atoms with E-state index >= 15 is 0 Å². The van der Waals surface area contributed by atoms with Crippen LogP contribution in [0.5, 0.6) is 0 Å². The molecular formula is C10H12N2O. The van der Waals surface area contributed by atoms with Gasteiger partial charge in [-0.2, -0.15) is 0 Å². The molecule has 2 aliphatic heterocycles. The lowest BCUT2D eigenvalue weighted by molar-refractivity contribution is 0.262. The Kier molecular flexibility index (Phi) is 1.39. The molecule has 1 aromatic rings. The molecule has 1 aromatic heterocycles. The molecule has 0 fully saturated rings. The van der Waals surface area contributed by atoms with Gasteiger partial charge in [-0.3, -0.25) is 0 Å². The zero-order chi connectivity index (χ0) is 8.67. The highest BCUT2D eigenvalue weighted by Crippen LogP contribution is 2.03. The van der Waals surface area contributed by atoms with Crippen LogP contribution in [0.2, 0.25) is 0 Å². The van der Waals surface area contributed by atoms with Crippen molar-refractivity contribution < 1.29 is 4.74 Å². The zero-order valence-electron chi connectivity index (χ0n) is 7.42. The van der Waals surface area contributed by atoms with Crippen LogP contribution in [0, 0.1) is 0 Å². The maximum atomic E-state index is 5.68. The van der Waals surface area contributed by atoms with Gasteiger partial charge in [0.15, 0.2) is 0 Å². The molecule has 1 N–H and O–H groups in total. The van der Waals surface area contributed by atoms with Gasteiger partial charge in [0, 0.05) is 24.2 Å². The van der Waals surface area contributed by atoms with Crippen molar-refractivity contribution in [3.8, 4) is 0 Å². The van der Waals surface area contributed by atoms with Gasteiger partial charge in [-0.25, -0.2) is 0 Å². The third kappa shape index (κ3) is 0.963. The first-order chi connectivity index (χ1) is 6.45. The molecule has 3 rings (SSSR count). The monoisotopic (exact) mass is 176 g/mol. The van der Waals surface area contributed by atoms with Crippen molar-refractivity contribution in [1.82, 2.24) is 9.88 Å². The van der Waals surface area contributed by atoms with E-state index in [1.54, 1.807) is 0 Å². The highest BCUT2D eigenvalue weighted by molar-refractivity contribution is 5.45. The molecular weight excluding hydrogens is 164 g/mol. The molecule has 0 atom stereocenters. The summed E-state index contributed by atoms with van der Waals surface area (Å²) >= 11 is 0. The maximum absolute atomic E-state index is 5.68. The largest absolute Gasteiger partial charge is 0.494 e. The van der Waals surface area contributed by atoms with Crippen molar-refractivity contribution in [2.24, 2.45) is 0 Å². The summed E-state index contributed by atoms with van der Waals surface area (Å²) in [5.41, 5.74) is 0. The van der Waals surface area contributed by atoms with Gasteiger partial charge < -0.3 is 14.6 Å². The Morgan fingerprint density at radius 2 is 2.46 bits per heavy atom. The summed E-state index contributed by atoms with van der Waals surface area (Å²) in [6.45, 7) is 2.75. The molecule has 2 aliphatic rings. The first-order valence-corrected chi connectivity index (χ1v) is 4.70. The molecule has 13 heavy (non-hydrogen) atoms. The molecule has 0 radical (unpaired) electrons. The molecule has 0 bridgehead atoms. The van der Waals surface area contributed by atoms with Crippen molar-refractivity contribution in [2.45, 2.75) is 13.0 Å². The van der Waals surface area contributed by atoms with E-state index < -0.39 is 0 Å². The van der Waals surface area contributed by atoms with Crippen LogP contribution in [-0.4, -0.2) is 17.7 Å². The molecule has 0 amide bonds. The summed E-state index contributed by atoms with van der Waals surface area (Å²) in [4.78, 5) is 0. The molecule has 3 heterocycles. The average Bonchev–Trinajstić information content (AvgIpc) is 2.44. The second kappa shape index (κ2) is 2.55. The summed E-state index contributed by atoms with van der Waals surface area (Å²) in [6.07, 6.45) is 5.30. The first kappa shape index (κ1) is 7.06. The standard InChI is InChI=1S/C10H12N2O/c1-3-12-4-2-8-6-11-7-9(10(8)12)13-5-1/h2,4,6,11H,1,3,5,7H2. The average molecular weight is 176 g/mol. The van der Waals surface area contributed by atoms with Crippen LogP contribution in [0.25, 0.3) is 12.0 Å². The molecule has 3 nitrogen and oxygen atoms in total. The van der Waals surface area contributed by atoms with Gasteiger partial charge in [0.05, 0.1) is 18.5 Å². The van der Waals surface area contributed by atoms with Crippen LogP contribution in [0.1, 0.15) is 6.42 Å². The smallest absolute Gasteiger partial charge is 0.139 e. The summed E-state index contributed by atoms with van der Waals surface area (Å²) in [5, 5.41) is 5.74. The van der Waals surface area contributed by atoms with Gasteiger partial charge in [0.25, 0.3) is 0 Å². The molecule has 0 spiro atoms. The predicted molar refractivity (Wildman–Crippen MR) is 50.1 cm³/mol. The van der Waals surface area contributed by atoms with Crippen LogP contribution in [0.3, 0.4) is 0 Å². The second-order valence-electron chi connectivity index (χ2n) is 3.46. The van der Waals surface area contributed by atoms with Crippen LogP contribution in [-0.2, 0) is 11.3 Å². The van der Waals surface area contributed by atoms with Crippen molar-refractivity contribution >= 4 is 12.0 Å². The van der Waals surface area contributed by atoms with E-state index in [0.29, 0.717) is 0 Å². The minimum atomic E-state index is 0.830. The molecule has 0 saturated carbocycles. The first-order valence-electron chi connectivity index (χ1n) is 4.70. The molecule has 0 saturated heterocycles. The SMILES string of the molecule is C1=c2ccn3c2=C(CN1)OCCC3. The quantitative estimate of drug-likeness (QED) is 0.569. The summed E-state index contributed by atoms with van der Waals surface area (Å²) in [5.74, 6) is 1.10. The number of hydrogen-bond acceptors (Lipinski definition) is 2. The maximum Gasteiger partial charge on any atom is 0.139 e. The Hall–Kier alpha value is -1.38. The van der Waals surface area contributed by atoms with Crippen molar-refractivity contribution in [3.63, 3.8) is 0 Å². The van der Waals surface area contributed by atoms with Gasteiger partial charge in [-0.15, -0.1) is 0 Å². The van der Waals surface area contributed by atoms with Crippen LogP contribution in [0.4, 0.5) is 0 Å². The zero-order valence-corrected chi connectivity index (χ0v) is 7.42. The van der Waals surface area contributed by atoms with Crippen molar-refractivity contribution in [2.75, 3.05) is 13.2 Å². The number of nitrogens with zero attached hydrogens (tertiary/aromatic N) is 1. The Balaban J connectivity index is 2.38. The number of aromatic nitrogens is 1. The van der Waals surface area contributed by atoms with Gasteiger partial charge in [-0.05, 0) is 12.5 Å². The van der Waals surface area contributed by atoms with E-state index in [9.17, 15) is 0 Å². The fourth-order valence-corrected chi connectivity index (χ4v) is 2.00. The van der Waals surface area contributed by atoms with Crippen LogP contribution < -0.4 is 15.9 Å². The fourth-order valence-electron chi connectivity index (χ4n) is 2.00. The lowest BCUT2D eigenvalue weighted by Gasteiger charge is -2.10. The molecule has 0 unspecified atom stereocenters. The van der Waals surface area contributed by atoms with Gasteiger partial charge in [-0.1, -0.05) is 0 Å².